The number of unbranched alkanes of at least 4 members (excludes halogenated alkanes) is 15. The van der Waals surface area contributed by atoms with Crippen LogP contribution in [0.2, 0.25) is 0 Å². The Kier molecular flexibility index (Phi) is 18.6. The maximum atomic E-state index is 5.98. The lowest BCUT2D eigenvalue weighted by Gasteiger charge is -2.28. The van der Waals surface area contributed by atoms with Crippen LogP contribution in [0.4, 0.5) is 0 Å². The van der Waals surface area contributed by atoms with Gasteiger partial charge in [-0.1, -0.05) is 149 Å². The molecule has 3 nitrogen and oxygen atoms in total. The zero-order valence-electron chi connectivity index (χ0n) is 27.6. The molecule has 0 aliphatic heterocycles. The predicted octanol–water partition coefficient (Wildman–Crippen LogP) is 12.3. The van der Waals surface area contributed by atoms with Gasteiger partial charge in [-0.15, -0.1) is 0 Å². The van der Waals surface area contributed by atoms with Crippen molar-refractivity contribution >= 4 is 0 Å². The molecule has 0 atom stereocenters. The van der Waals surface area contributed by atoms with E-state index in [0.717, 1.165) is 48.4 Å². The lowest BCUT2D eigenvalue weighted by atomic mass is 9.78. The second-order valence-electron chi connectivity index (χ2n) is 13.3. The van der Waals surface area contributed by atoms with E-state index in [1.807, 2.05) is 12.4 Å². The molecule has 1 fully saturated rings. The van der Waals surface area contributed by atoms with Crippen molar-refractivity contribution in [2.24, 2.45) is 11.8 Å². The summed E-state index contributed by atoms with van der Waals surface area (Å²) in [6.45, 7) is 5.39. The largest absolute Gasteiger partial charge is 0.494 e. The highest BCUT2D eigenvalue weighted by molar-refractivity contribution is 5.55. The lowest BCUT2D eigenvalue weighted by molar-refractivity contribution is 0.248. The molecule has 1 saturated carbocycles. The first-order valence-corrected chi connectivity index (χ1v) is 18.3. The molecule has 236 valence electrons. The first-order chi connectivity index (χ1) is 20.8. The van der Waals surface area contributed by atoms with E-state index in [0.29, 0.717) is 0 Å². The van der Waals surface area contributed by atoms with Crippen LogP contribution in [0.1, 0.15) is 167 Å². The molecule has 3 heteroatoms. The van der Waals surface area contributed by atoms with Gasteiger partial charge in [-0.3, -0.25) is 0 Å². The molecule has 2 aromatic rings. The molecule has 0 N–H and O–H groups in total. The molecular weight excluding hydrogens is 512 g/mol. The second kappa shape index (κ2) is 22.6. The van der Waals surface area contributed by atoms with Gasteiger partial charge in [0.1, 0.15) is 5.75 Å². The third kappa shape index (κ3) is 15.0. The molecule has 0 unspecified atom stereocenters. The van der Waals surface area contributed by atoms with Crippen molar-refractivity contribution in [2.75, 3.05) is 6.61 Å². The normalized spacial score (nSPS) is 17.0. The molecule has 1 aliphatic rings. The average Bonchev–Trinajstić information content (AvgIpc) is 3.03. The molecule has 0 spiro atoms. The van der Waals surface area contributed by atoms with Gasteiger partial charge >= 0.3 is 0 Å². The second-order valence-corrected chi connectivity index (χ2v) is 13.3. The van der Waals surface area contributed by atoms with Crippen molar-refractivity contribution in [1.29, 1.82) is 0 Å². The molecule has 42 heavy (non-hydrogen) atoms. The summed E-state index contributed by atoms with van der Waals surface area (Å²) >= 11 is 0. The Labute approximate surface area is 260 Å². The van der Waals surface area contributed by atoms with Crippen LogP contribution in [0.15, 0.2) is 36.7 Å². The number of ether oxygens (including phenoxy) is 1. The first kappa shape index (κ1) is 34.6. The number of rotatable bonds is 24. The van der Waals surface area contributed by atoms with Crippen molar-refractivity contribution in [3.8, 4) is 17.1 Å². The Morgan fingerprint density at radius 1 is 0.571 bits per heavy atom. The third-order valence-electron chi connectivity index (χ3n) is 9.61. The quantitative estimate of drug-likeness (QED) is 0.117. The van der Waals surface area contributed by atoms with Crippen molar-refractivity contribution in [3.63, 3.8) is 0 Å². The van der Waals surface area contributed by atoms with Gasteiger partial charge in [0, 0.05) is 18.0 Å². The van der Waals surface area contributed by atoms with E-state index < -0.39 is 0 Å². The van der Waals surface area contributed by atoms with Crippen LogP contribution in [-0.2, 0) is 6.42 Å². The van der Waals surface area contributed by atoms with Gasteiger partial charge in [-0.2, -0.15) is 0 Å². The van der Waals surface area contributed by atoms with Crippen LogP contribution in [0.5, 0.6) is 5.75 Å². The molecule has 0 amide bonds. The van der Waals surface area contributed by atoms with Gasteiger partial charge in [0.25, 0.3) is 0 Å². The molecular formula is C39H64N2O. The van der Waals surface area contributed by atoms with Crippen LogP contribution in [0, 0.1) is 11.8 Å². The number of benzene rings is 1. The highest BCUT2D eigenvalue weighted by Crippen LogP contribution is 2.34. The van der Waals surface area contributed by atoms with Gasteiger partial charge in [-0.05, 0) is 60.9 Å². The Hall–Kier alpha value is -1.90. The Morgan fingerprint density at radius 3 is 1.60 bits per heavy atom. The number of hydrogen-bond donors (Lipinski definition) is 0. The summed E-state index contributed by atoms with van der Waals surface area (Å²) < 4.78 is 5.98. The molecule has 1 aromatic heterocycles. The Morgan fingerprint density at radius 2 is 1.05 bits per heavy atom. The maximum Gasteiger partial charge on any atom is 0.159 e. The smallest absolute Gasteiger partial charge is 0.159 e. The van der Waals surface area contributed by atoms with E-state index in [9.17, 15) is 0 Å². The van der Waals surface area contributed by atoms with Gasteiger partial charge in [0.05, 0.1) is 6.61 Å². The highest BCUT2D eigenvalue weighted by atomic mass is 16.5. The number of aryl methyl sites for hydroxylation is 1. The van der Waals surface area contributed by atoms with Crippen molar-refractivity contribution in [2.45, 2.75) is 168 Å². The zero-order chi connectivity index (χ0) is 29.5. The first-order valence-electron chi connectivity index (χ1n) is 18.3. The number of aromatic nitrogens is 2. The monoisotopic (exact) mass is 577 g/mol. The SMILES string of the molecule is CCCCCCCCCCCCOc1ccc(-c2ncc(CC[C@H]3CC[C@H](CCCCCCCCC)CC3)cn2)cc1. The lowest BCUT2D eigenvalue weighted by Crippen LogP contribution is -2.15. The Balaban J connectivity index is 1.23. The van der Waals surface area contributed by atoms with Crippen LogP contribution in [0.25, 0.3) is 11.4 Å². The number of hydrogen-bond acceptors (Lipinski definition) is 3. The molecule has 0 saturated heterocycles. The summed E-state index contributed by atoms with van der Waals surface area (Å²) in [4.78, 5) is 9.40. The van der Waals surface area contributed by atoms with E-state index in [1.165, 1.54) is 147 Å². The van der Waals surface area contributed by atoms with Crippen molar-refractivity contribution in [3.05, 3.63) is 42.2 Å². The van der Waals surface area contributed by atoms with Gasteiger partial charge < -0.3 is 4.74 Å². The van der Waals surface area contributed by atoms with Crippen LogP contribution >= 0.6 is 0 Å². The van der Waals surface area contributed by atoms with E-state index in [-0.39, 0.29) is 0 Å². The summed E-state index contributed by atoms with van der Waals surface area (Å²) in [5.41, 5.74) is 2.34. The topological polar surface area (TPSA) is 35.0 Å². The number of nitrogens with zero attached hydrogens (tertiary/aromatic N) is 2. The highest BCUT2D eigenvalue weighted by Gasteiger charge is 2.20. The minimum absolute atomic E-state index is 0.807. The van der Waals surface area contributed by atoms with Crippen LogP contribution in [-0.4, -0.2) is 16.6 Å². The van der Waals surface area contributed by atoms with Gasteiger partial charge in [0.15, 0.2) is 5.82 Å². The van der Waals surface area contributed by atoms with Crippen LogP contribution < -0.4 is 4.74 Å². The van der Waals surface area contributed by atoms with Crippen LogP contribution in [0.3, 0.4) is 0 Å². The summed E-state index contributed by atoms with van der Waals surface area (Å²) in [5.74, 6) is 3.65. The van der Waals surface area contributed by atoms with Crippen molar-refractivity contribution in [1.82, 2.24) is 9.97 Å². The van der Waals surface area contributed by atoms with Crippen molar-refractivity contribution < 1.29 is 4.74 Å². The fourth-order valence-electron chi connectivity index (χ4n) is 6.68. The molecule has 3 rings (SSSR count). The molecule has 0 radical (unpaired) electrons. The Bertz CT molecular complexity index is 886. The minimum atomic E-state index is 0.807. The summed E-state index contributed by atoms with van der Waals surface area (Å²) in [5, 5.41) is 0. The van der Waals surface area contributed by atoms with Gasteiger partial charge in [-0.25, -0.2) is 9.97 Å². The van der Waals surface area contributed by atoms with E-state index in [2.05, 4.69) is 38.1 Å². The van der Waals surface area contributed by atoms with E-state index in [1.54, 1.807) is 0 Å². The zero-order valence-corrected chi connectivity index (χ0v) is 27.6. The fraction of sp³-hybridized carbons (Fsp3) is 0.744. The minimum Gasteiger partial charge on any atom is -0.494 e. The fourth-order valence-corrected chi connectivity index (χ4v) is 6.68. The summed E-state index contributed by atoms with van der Waals surface area (Å²) in [6.07, 6.45) is 37.3. The summed E-state index contributed by atoms with van der Waals surface area (Å²) in [7, 11) is 0. The molecule has 0 bridgehead atoms. The molecule has 1 heterocycles. The molecule has 1 aliphatic carbocycles. The van der Waals surface area contributed by atoms with Gasteiger partial charge in [0.2, 0.25) is 0 Å². The maximum absolute atomic E-state index is 5.98. The third-order valence-corrected chi connectivity index (χ3v) is 9.61. The van der Waals surface area contributed by atoms with E-state index >= 15 is 0 Å². The summed E-state index contributed by atoms with van der Waals surface area (Å²) in [6, 6.07) is 8.31. The predicted molar refractivity (Wildman–Crippen MR) is 181 cm³/mol. The van der Waals surface area contributed by atoms with E-state index in [4.69, 9.17) is 14.7 Å². The average molecular weight is 577 g/mol. The standard InChI is InChI=1S/C39H64N2O/c1-3-5-7-9-11-12-13-15-17-19-31-42-38-29-27-37(28-30-38)39-40-32-36(33-41-39)26-25-35-23-21-34(22-24-35)20-18-16-14-10-8-6-4-2/h27-30,32-35H,3-26,31H2,1-2H3/t34-,35-. The molecule has 1 aromatic carbocycles.